The first-order valence-corrected chi connectivity index (χ1v) is 7.89. The van der Waals surface area contributed by atoms with E-state index in [-0.39, 0.29) is 17.5 Å². The van der Waals surface area contributed by atoms with E-state index in [2.05, 4.69) is 22.6 Å². The molecule has 2 heterocycles. The van der Waals surface area contributed by atoms with Crippen LogP contribution in [0.2, 0.25) is 0 Å². The van der Waals surface area contributed by atoms with Crippen LogP contribution in [0, 0.1) is 5.41 Å². The molecule has 0 aromatic carbocycles. The summed E-state index contributed by atoms with van der Waals surface area (Å²) in [4.78, 5) is 25.4. The quantitative estimate of drug-likeness (QED) is 0.398. The lowest BCUT2D eigenvalue weighted by molar-refractivity contribution is -0.147. The number of rotatable bonds is 1. The van der Waals surface area contributed by atoms with Crippen molar-refractivity contribution in [2.45, 2.75) is 45.3 Å². The van der Waals surface area contributed by atoms with Crippen molar-refractivity contribution < 1.29 is 19.1 Å². The van der Waals surface area contributed by atoms with Crippen LogP contribution in [0.5, 0.6) is 0 Å². The van der Waals surface area contributed by atoms with Gasteiger partial charge >= 0.3 is 12.1 Å². The molecule has 0 aromatic rings. The molecule has 0 N–H and O–H groups in total. The summed E-state index contributed by atoms with van der Waals surface area (Å²) in [6, 6.07) is 0. The predicted octanol–water partition coefficient (Wildman–Crippen LogP) is 2.36. The maximum atomic E-state index is 12.1. The number of halogens is 1. The van der Waals surface area contributed by atoms with Gasteiger partial charge in [-0.25, -0.2) is 4.79 Å². The number of likely N-dealkylation sites (tertiary alicyclic amines) is 1. The first-order valence-electron chi connectivity index (χ1n) is 6.37. The van der Waals surface area contributed by atoms with Crippen molar-refractivity contribution in [1.29, 1.82) is 0 Å². The number of hydrogen-bond donors (Lipinski definition) is 0. The lowest BCUT2D eigenvalue weighted by atomic mass is 9.77. The number of hydrogen-bond acceptors (Lipinski definition) is 4. The van der Waals surface area contributed by atoms with E-state index in [0.29, 0.717) is 23.9 Å². The molecule has 2 aliphatic rings. The van der Waals surface area contributed by atoms with Gasteiger partial charge in [0.1, 0.15) is 11.2 Å². The molecule has 19 heavy (non-hydrogen) atoms. The highest BCUT2D eigenvalue weighted by molar-refractivity contribution is 14.1. The molecule has 0 aromatic heterocycles. The van der Waals surface area contributed by atoms with Gasteiger partial charge in [0.15, 0.2) is 0 Å². The smallest absolute Gasteiger partial charge is 0.410 e. The van der Waals surface area contributed by atoms with Crippen molar-refractivity contribution in [3.05, 3.63) is 0 Å². The predicted molar refractivity (Wildman–Crippen MR) is 78.2 cm³/mol. The number of nitrogens with zero attached hydrogens (tertiary/aromatic N) is 1. The standard InChI is InChI=1S/C13H20INO4/c1-11(2,3)19-10(17)15-7-12(4)5-9(16)18-13(12,6-14)8-15/h5-8H2,1-4H3/t12-,13+/m1/s1. The SMILES string of the molecule is CC(C)(C)OC(=O)N1C[C@@]2(C)CC(=O)O[C@@]2(CI)C1. The van der Waals surface area contributed by atoms with Crippen LogP contribution < -0.4 is 0 Å². The molecular formula is C13H20INO4. The Balaban J connectivity index is 2.15. The molecule has 2 saturated heterocycles. The fraction of sp³-hybridized carbons (Fsp3) is 0.846. The zero-order chi connectivity index (χ0) is 14.5. The van der Waals surface area contributed by atoms with Gasteiger partial charge in [0.25, 0.3) is 0 Å². The van der Waals surface area contributed by atoms with Crippen molar-refractivity contribution in [2.75, 3.05) is 17.5 Å². The first kappa shape index (κ1) is 14.9. The molecule has 1 amide bonds. The number of esters is 1. The Morgan fingerprint density at radius 2 is 2.11 bits per heavy atom. The van der Waals surface area contributed by atoms with Crippen LogP contribution in [-0.4, -0.2) is 45.7 Å². The highest BCUT2D eigenvalue weighted by Gasteiger charge is 2.63. The van der Waals surface area contributed by atoms with Gasteiger partial charge in [-0.15, -0.1) is 0 Å². The first-order chi connectivity index (χ1) is 8.61. The Labute approximate surface area is 127 Å². The van der Waals surface area contributed by atoms with Crippen LogP contribution in [0.15, 0.2) is 0 Å². The third-order valence-corrected chi connectivity index (χ3v) is 5.03. The van der Waals surface area contributed by atoms with Gasteiger partial charge in [-0.3, -0.25) is 4.79 Å². The van der Waals surface area contributed by atoms with Crippen LogP contribution in [0.4, 0.5) is 4.79 Å². The van der Waals surface area contributed by atoms with Gasteiger partial charge in [-0.2, -0.15) is 0 Å². The van der Waals surface area contributed by atoms with Crippen LogP contribution in [0.1, 0.15) is 34.1 Å². The molecule has 6 heteroatoms. The summed E-state index contributed by atoms with van der Waals surface area (Å²) < 4.78 is 11.6. The second-order valence-electron chi connectivity index (χ2n) is 6.68. The van der Waals surface area contributed by atoms with Crippen LogP contribution in [0.3, 0.4) is 0 Å². The van der Waals surface area contributed by atoms with Gasteiger partial charge in [-0.05, 0) is 20.8 Å². The normalized spacial score (nSPS) is 34.2. The summed E-state index contributed by atoms with van der Waals surface area (Å²) in [5.74, 6) is -0.164. The average molecular weight is 381 g/mol. The van der Waals surface area contributed by atoms with Gasteiger partial charge in [0, 0.05) is 16.4 Å². The fourth-order valence-corrected chi connectivity index (χ4v) is 4.07. The second kappa shape index (κ2) is 4.49. The number of ether oxygens (including phenoxy) is 2. The highest BCUT2D eigenvalue weighted by Crippen LogP contribution is 2.50. The number of carbonyl (C=O) groups is 2. The Hall–Kier alpha value is -0.530. The van der Waals surface area contributed by atoms with Crippen molar-refractivity contribution in [1.82, 2.24) is 4.90 Å². The maximum absolute atomic E-state index is 12.1. The molecule has 0 aliphatic carbocycles. The van der Waals surface area contributed by atoms with E-state index in [4.69, 9.17) is 9.47 Å². The van der Waals surface area contributed by atoms with Gasteiger partial charge in [0.2, 0.25) is 0 Å². The zero-order valence-electron chi connectivity index (χ0n) is 11.8. The summed E-state index contributed by atoms with van der Waals surface area (Å²) in [6.07, 6.45) is 0.0402. The number of alkyl halides is 1. The minimum Gasteiger partial charge on any atom is -0.456 e. The molecule has 0 saturated carbocycles. The van der Waals surface area contributed by atoms with E-state index in [9.17, 15) is 9.59 Å². The third-order valence-electron chi connectivity index (χ3n) is 3.80. The molecular weight excluding hydrogens is 361 g/mol. The Morgan fingerprint density at radius 1 is 1.47 bits per heavy atom. The minimum atomic E-state index is -0.554. The van der Waals surface area contributed by atoms with Gasteiger partial charge < -0.3 is 14.4 Å². The number of amides is 1. The number of fused-ring (bicyclic) bond motifs is 1. The Kier molecular flexibility index (Phi) is 3.52. The van der Waals surface area contributed by atoms with Gasteiger partial charge in [0.05, 0.1) is 13.0 Å². The molecule has 0 radical (unpaired) electrons. The summed E-state index contributed by atoms with van der Waals surface area (Å²) in [5.41, 5.74) is -1.37. The van der Waals surface area contributed by atoms with E-state index < -0.39 is 11.2 Å². The molecule has 2 fully saturated rings. The topological polar surface area (TPSA) is 55.8 Å². The van der Waals surface area contributed by atoms with Crippen LogP contribution in [-0.2, 0) is 14.3 Å². The van der Waals surface area contributed by atoms with Crippen molar-refractivity contribution in [2.24, 2.45) is 5.41 Å². The average Bonchev–Trinajstić information content (AvgIpc) is 2.61. The summed E-state index contributed by atoms with van der Waals surface area (Å²) in [6.45, 7) is 8.48. The molecule has 2 atom stereocenters. The van der Waals surface area contributed by atoms with Crippen molar-refractivity contribution in [3.63, 3.8) is 0 Å². The molecule has 0 bridgehead atoms. The highest BCUT2D eigenvalue weighted by atomic mass is 127. The van der Waals surface area contributed by atoms with Crippen LogP contribution >= 0.6 is 22.6 Å². The Morgan fingerprint density at radius 3 is 2.58 bits per heavy atom. The molecule has 108 valence electrons. The largest absolute Gasteiger partial charge is 0.456 e. The van der Waals surface area contributed by atoms with Crippen molar-refractivity contribution in [3.8, 4) is 0 Å². The lowest BCUT2D eigenvalue weighted by Gasteiger charge is -2.31. The monoisotopic (exact) mass is 381 g/mol. The minimum absolute atomic E-state index is 0.164. The van der Waals surface area contributed by atoms with E-state index >= 15 is 0 Å². The molecule has 0 spiro atoms. The van der Waals surface area contributed by atoms with E-state index in [0.717, 1.165) is 0 Å². The lowest BCUT2D eigenvalue weighted by Crippen LogP contribution is -2.44. The number of carbonyl (C=O) groups excluding carboxylic acids is 2. The Bertz CT molecular complexity index is 419. The van der Waals surface area contributed by atoms with E-state index in [1.54, 1.807) is 4.90 Å². The van der Waals surface area contributed by atoms with E-state index in [1.165, 1.54) is 0 Å². The molecule has 0 unspecified atom stereocenters. The molecule has 2 aliphatic heterocycles. The molecule has 2 rings (SSSR count). The van der Waals surface area contributed by atoms with Crippen LogP contribution in [0.25, 0.3) is 0 Å². The van der Waals surface area contributed by atoms with E-state index in [1.807, 2.05) is 27.7 Å². The summed E-state index contributed by atoms with van der Waals surface area (Å²) in [7, 11) is 0. The fourth-order valence-electron chi connectivity index (χ4n) is 2.75. The maximum Gasteiger partial charge on any atom is 0.410 e. The zero-order valence-corrected chi connectivity index (χ0v) is 13.9. The summed E-state index contributed by atoms with van der Waals surface area (Å²) in [5, 5.41) is 0. The third kappa shape index (κ3) is 2.55. The van der Waals surface area contributed by atoms with Crippen molar-refractivity contribution >= 4 is 34.7 Å². The van der Waals surface area contributed by atoms with Gasteiger partial charge in [-0.1, -0.05) is 29.5 Å². The molecule has 5 nitrogen and oxygen atoms in total. The second-order valence-corrected chi connectivity index (χ2v) is 7.44. The summed E-state index contributed by atoms with van der Waals surface area (Å²) >= 11 is 2.22.